The lowest BCUT2D eigenvalue weighted by atomic mass is 10.1. The standard InChI is InChI=1S/C23H16Br2ClN3O2S/c1-2-12-7-9-13(10-8-12)21(30)29-23(32)28-19-15(24)11-17-20(18(19)25)27-22(31-17)14-5-3-4-6-16(14)26/h3-11H,2H2,1H3,(H2,28,29,30,32). The molecule has 0 unspecified atom stereocenters. The number of rotatable bonds is 4. The summed E-state index contributed by atoms with van der Waals surface area (Å²) in [7, 11) is 0. The number of nitrogens with zero attached hydrogens (tertiary/aromatic N) is 1. The predicted octanol–water partition coefficient (Wildman–Crippen LogP) is 7.36. The van der Waals surface area contributed by atoms with Crippen molar-refractivity contribution in [2.24, 2.45) is 0 Å². The summed E-state index contributed by atoms with van der Waals surface area (Å²) in [5.74, 6) is 0.114. The van der Waals surface area contributed by atoms with E-state index in [0.717, 1.165) is 12.0 Å². The lowest BCUT2D eigenvalue weighted by Crippen LogP contribution is -2.34. The summed E-state index contributed by atoms with van der Waals surface area (Å²) >= 11 is 18.7. The van der Waals surface area contributed by atoms with E-state index in [1.807, 2.05) is 30.3 Å². The molecule has 2 N–H and O–H groups in total. The van der Waals surface area contributed by atoms with Gasteiger partial charge in [0.05, 0.1) is 20.7 Å². The highest BCUT2D eigenvalue weighted by atomic mass is 79.9. The topological polar surface area (TPSA) is 67.2 Å². The van der Waals surface area contributed by atoms with Crippen molar-refractivity contribution in [2.45, 2.75) is 13.3 Å². The summed E-state index contributed by atoms with van der Waals surface area (Å²) in [6, 6.07) is 16.5. The van der Waals surface area contributed by atoms with E-state index in [2.05, 4.69) is 54.4 Å². The maximum absolute atomic E-state index is 12.5. The van der Waals surface area contributed by atoms with Crippen molar-refractivity contribution in [2.75, 3.05) is 5.32 Å². The number of nitrogens with one attached hydrogen (secondary N) is 2. The van der Waals surface area contributed by atoms with Crippen molar-refractivity contribution in [3.63, 3.8) is 0 Å². The average Bonchev–Trinajstić information content (AvgIpc) is 3.20. The van der Waals surface area contributed by atoms with E-state index in [4.69, 9.17) is 28.2 Å². The van der Waals surface area contributed by atoms with Crippen molar-refractivity contribution >= 4 is 83.5 Å². The summed E-state index contributed by atoms with van der Waals surface area (Å²) in [4.78, 5) is 17.1. The number of halogens is 3. The van der Waals surface area contributed by atoms with E-state index in [1.54, 1.807) is 24.3 Å². The van der Waals surface area contributed by atoms with Crippen LogP contribution in [0.5, 0.6) is 0 Å². The fourth-order valence-electron chi connectivity index (χ4n) is 3.07. The number of fused-ring (bicyclic) bond motifs is 1. The Morgan fingerprint density at radius 3 is 2.56 bits per heavy atom. The molecule has 9 heteroatoms. The van der Waals surface area contributed by atoms with E-state index in [0.29, 0.717) is 47.8 Å². The van der Waals surface area contributed by atoms with Crippen LogP contribution in [0.4, 0.5) is 5.69 Å². The minimum Gasteiger partial charge on any atom is -0.436 e. The van der Waals surface area contributed by atoms with Crippen LogP contribution in [0, 0.1) is 0 Å². The van der Waals surface area contributed by atoms with Crippen molar-refractivity contribution in [3.8, 4) is 11.5 Å². The van der Waals surface area contributed by atoms with Gasteiger partial charge in [0.1, 0.15) is 5.52 Å². The van der Waals surface area contributed by atoms with E-state index < -0.39 is 0 Å². The van der Waals surface area contributed by atoms with E-state index in [1.165, 1.54) is 0 Å². The fraction of sp³-hybridized carbons (Fsp3) is 0.0870. The first-order chi connectivity index (χ1) is 15.4. The third-order valence-electron chi connectivity index (χ3n) is 4.77. The third kappa shape index (κ3) is 4.73. The minimum atomic E-state index is -0.291. The van der Waals surface area contributed by atoms with Gasteiger partial charge in [-0.15, -0.1) is 0 Å². The smallest absolute Gasteiger partial charge is 0.257 e. The Labute approximate surface area is 211 Å². The van der Waals surface area contributed by atoms with Crippen LogP contribution in [-0.2, 0) is 6.42 Å². The number of hydrogen-bond donors (Lipinski definition) is 2. The second kappa shape index (κ2) is 9.70. The normalized spacial score (nSPS) is 10.9. The highest BCUT2D eigenvalue weighted by Gasteiger charge is 2.19. The molecule has 1 aromatic heterocycles. The van der Waals surface area contributed by atoms with Gasteiger partial charge in [-0.1, -0.05) is 42.8 Å². The number of benzene rings is 3. The Morgan fingerprint density at radius 2 is 1.88 bits per heavy atom. The van der Waals surface area contributed by atoms with Gasteiger partial charge < -0.3 is 9.73 Å². The zero-order chi connectivity index (χ0) is 22.8. The summed E-state index contributed by atoms with van der Waals surface area (Å²) < 4.78 is 7.23. The highest BCUT2D eigenvalue weighted by Crippen LogP contribution is 2.40. The van der Waals surface area contributed by atoms with E-state index >= 15 is 0 Å². The summed E-state index contributed by atoms with van der Waals surface area (Å²) in [6.45, 7) is 2.06. The lowest BCUT2D eigenvalue weighted by molar-refractivity contribution is 0.0977. The van der Waals surface area contributed by atoms with Crippen LogP contribution in [0.2, 0.25) is 5.02 Å². The number of carbonyl (C=O) groups is 1. The van der Waals surface area contributed by atoms with Crippen LogP contribution in [0.15, 0.2) is 68.0 Å². The summed E-state index contributed by atoms with van der Waals surface area (Å²) in [6.07, 6.45) is 0.909. The number of thiocarbonyl (C=S) groups is 1. The molecule has 0 saturated carbocycles. The average molecular weight is 594 g/mol. The van der Waals surface area contributed by atoms with Gasteiger partial charge in [0, 0.05) is 10.0 Å². The number of hydrogen-bond acceptors (Lipinski definition) is 4. The quantitative estimate of drug-likeness (QED) is 0.242. The predicted molar refractivity (Wildman–Crippen MR) is 139 cm³/mol. The van der Waals surface area contributed by atoms with Gasteiger partial charge in [0.25, 0.3) is 5.91 Å². The van der Waals surface area contributed by atoms with Gasteiger partial charge in [0.2, 0.25) is 5.89 Å². The number of carbonyl (C=O) groups excluding carboxylic acids is 1. The Balaban J connectivity index is 1.57. The monoisotopic (exact) mass is 591 g/mol. The first kappa shape index (κ1) is 22.9. The molecule has 0 saturated heterocycles. The fourth-order valence-corrected chi connectivity index (χ4v) is 4.85. The second-order valence-electron chi connectivity index (χ2n) is 6.85. The molecule has 1 amide bonds. The molecule has 0 aliphatic carbocycles. The zero-order valence-corrected chi connectivity index (χ0v) is 21.5. The number of anilines is 1. The van der Waals surface area contributed by atoms with E-state index in [-0.39, 0.29) is 11.0 Å². The maximum atomic E-state index is 12.5. The molecule has 162 valence electrons. The Kier molecular flexibility index (Phi) is 6.95. The molecular formula is C23H16Br2ClN3O2S. The van der Waals surface area contributed by atoms with Gasteiger partial charge in [-0.25, -0.2) is 4.98 Å². The van der Waals surface area contributed by atoms with Crippen molar-refractivity contribution in [3.05, 3.63) is 79.7 Å². The van der Waals surface area contributed by atoms with Crippen LogP contribution in [0.1, 0.15) is 22.8 Å². The first-order valence-corrected chi connectivity index (χ1v) is 12.0. The SMILES string of the molecule is CCc1ccc(C(=O)NC(=S)Nc2c(Br)cc3oc(-c4ccccc4Cl)nc3c2Br)cc1. The molecule has 32 heavy (non-hydrogen) atoms. The molecule has 0 bridgehead atoms. The van der Waals surface area contributed by atoms with Gasteiger partial charge >= 0.3 is 0 Å². The molecule has 0 radical (unpaired) electrons. The Bertz CT molecular complexity index is 1340. The lowest BCUT2D eigenvalue weighted by Gasteiger charge is -2.13. The molecule has 3 aromatic carbocycles. The number of aryl methyl sites for hydroxylation is 1. The Hall–Kier alpha value is -2.26. The van der Waals surface area contributed by atoms with Crippen LogP contribution in [0.3, 0.4) is 0 Å². The molecule has 0 spiro atoms. The maximum Gasteiger partial charge on any atom is 0.257 e. The largest absolute Gasteiger partial charge is 0.436 e. The van der Waals surface area contributed by atoms with Crippen molar-refractivity contribution in [1.29, 1.82) is 0 Å². The molecule has 4 rings (SSSR count). The molecule has 0 aliphatic rings. The van der Waals surface area contributed by atoms with Crippen LogP contribution < -0.4 is 10.6 Å². The molecule has 4 aromatic rings. The van der Waals surface area contributed by atoms with Crippen LogP contribution in [0.25, 0.3) is 22.6 Å². The molecule has 1 heterocycles. The molecule has 0 atom stereocenters. The minimum absolute atomic E-state index is 0.158. The molecule has 0 aliphatic heterocycles. The number of aromatic nitrogens is 1. The Morgan fingerprint density at radius 1 is 1.16 bits per heavy atom. The zero-order valence-electron chi connectivity index (χ0n) is 16.7. The van der Waals surface area contributed by atoms with E-state index in [9.17, 15) is 4.79 Å². The van der Waals surface area contributed by atoms with Crippen molar-refractivity contribution < 1.29 is 9.21 Å². The summed E-state index contributed by atoms with van der Waals surface area (Å²) in [5.41, 5.74) is 4.15. The number of amides is 1. The number of oxazole rings is 1. The summed E-state index contributed by atoms with van der Waals surface area (Å²) in [5, 5.41) is 6.46. The van der Waals surface area contributed by atoms with Gasteiger partial charge in [-0.3, -0.25) is 10.1 Å². The second-order valence-corrected chi connectivity index (χ2v) is 9.31. The molecular weight excluding hydrogens is 578 g/mol. The van der Waals surface area contributed by atoms with Crippen LogP contribution in [-0.4, -0.2) is 16.0 Å². The first-order valence-electron chi connectivity index (χ1n) is 9.62. The van der Waals surface area contributed by atoms with Crippen molar-refractivity contribution in [1.82, 2.24) is 10.3 Å². The van der Waals surface area contributed by atoms with Gasteiger partial charge in [0.15, 0.2) is 10.7 Å². The molecule has 5 nitrogen and oxygen atoms in total. The van der Waals surface area contributed by atoms with Gasteiger partial charge in [-0.05, 0) is 86.4 Å². The molecule has 0 fully saturated rings. The highest BCUT2D eigenvalue weighted by molar-refractivity contribution is 9.11. The van der Waals surface area contributed by atoms with Crippen LogP contribution >= 0.6 is 55.7 Å². The third-order valence-corrected chi connectivity index (χ3v) is 6.70. The van der Waals surface area contributed by atoms with Gasteiger partial charge in [-0.2, -0.15) is 0 Å².